The van der Waals surface area contributed by atoms with E-state index in [-0.39, 0.29) is 0 Å². The number of rotatable bonds is 6. The summed E-state index contributed by atoms with van der Waals surface area (Å²) in [7, 11) is -4.49. The van der Waals surface area contributed by atoms with Gasteiger partial charge in [0.1, 0.15) is 0 Å². The number of hydrogen-bond acceptors (Lipinski definition) is 1. The third kappa shape index (κ3) is 3.55. The molecule has 0 saturated carbocycles. The first-order chi connectivity index (χ1) is 8.17. The van der Waals surface area contributed by atoms with Gasteiger partial charge in [0.05, 0.1) is 0 Å². The minimum atomic E-state index is -6.02. The van der Waals surface area contributed by atoms with Crippen LogP contribution in [0.2, 0.25) is 13.1 Å². The molecule has 0 heterocycles. The monoisotopic (exact) mass is 322 g/mol. The molecule has 19 heavy (non-hydrogen) atoms. The van der Waals surface area contributed by atoms with Crippen LogP contribution in [-0.4, -0.2) is 49.5 Å². The topological polar surface area (TPSA) is 20.2 Å². The van der Waals surface area contributed by atoms with Crippen molar-refractivity contribution in [3.8, 4) is 0 Å². The number of alkyl halides is 9. The smallest absolute Gasteiger partial charge is 0.346 e. The standard InChI is InChI=1S/C8H11F9OSi/c1-19(2,18)6(13)8(16,17)7(14,15)4(10)3(9)5(11)12/h3-6,18H,1-2H3. The average Bonchev–Trinajstić information content (AvgIpc) is 2.23. The average molecular weight is 322 g/mol. The van der Waals surface area contributed by atoms with E-state index < -0.39 is 44.7 Å². The van der Waals surface area contributed by atoms with E-state index in [9.17, 15) is 39.5 Å². The Bertz CT molecular complexity index is 303. The van der Waals surface area contributed by atoms with Crippen molar-refractivity contribution in [2.75, 3.05) is 0 Å². The summed E-state index contributed by atoms with van der Waals surface area (Å²) in [5, 5.41) is 0. The lowest BCUT2D eigenvalue weighted by molar-refractivity contribution is -0.268. The third-order valence-electron chi connectivity index (χ3n) is 2.25. The fourth-order valence-corrected chi connectivity index (χ4v) is 2.20. The summed E-state index contributed by atoms with van der Waals surface area (Å²) < 4.78 is 114. The van der Waals surface area contributed by atoms with Crippen molar-refractivity contribution in [1.82, 2.24) is 0 Å². The first-order valence-corrected chi connectivity index (χ1v) is 7.88. The molecule has 3 atom stereocenters. The molecule has 0 aromatic heterocycles. The van der Waals surface area contributed by atoms with Crippen molar-refractivity contribution in [2.45, 2.75) is 49.5 Å². The summed E-state index contributed by atoms with van der Waals surface area (Å²) in [5.74, 6) is -15.7. The molecule has 116 valence electrons. The van der Waals surface area contributed by atoms with Crippen LogP contribution in [-0.2, 0) is 0 Å². The van der Waals surface area contributed by atoms with Gasteiger partial charge in [-0.15, -0.1) is 0 Å². The van der Waals surface area contributed by atoms with E-state index in [2.05, 4.69) is 0 Å². The zero-order chi connectivity index (χ0) is 15.8. The van der Waals surface area contributed by atoms with Gasteiger partial charge < -0.3 is 4.80 Å². The van der Waals surface area contributed by atoms with Crippen molar-refractivity contribution in [2.24, 2.45) is 0 Å². The molecule has 0 aromatic carbocycles. The predicted octanol–water partition coefficient (Wildman–Crippen LogP) is 3.27. The van der Waals surface area contributed by atoms with Crippen LogP contribution in [0, 0.1) is 0 Å². The van der Waals surface area contributed by atoms with E-state index >= 15 is 0 Å². The molecule has 0 bridgehead atoms. The van der Waals surface area contributed by atoms with Gasteiger partial charge in [-0.1, -0.05) is 0 Å². The minimum Gasteiger partial charge on any atom is -0.429 e. The van der Waals surface area contributed by atoms with Gasteiger partial charge >= 0.3 is 11.8 Å². The summed E-state index contributed by atoms with van der Waals surface area (Å²) in [6.45, 7) is 1.05. The van der Waals surface area contributed by atoms with Crippen molar-refractivity contribution in [3.63, 3.8) is 0 Å². The van der Waals surface area contributed by atoms with Gasteiger partial charge in [-0.25, -0.2) is 22.0 Å². The Kier molecular flexibility index (Phi) is 5.37. The largest absolute Gasteiger partial charge is 0.429 e. The Morgan fingerprint density at radius 2 is 1.21 bits per heavy atom. The molecule has 0 amide bonds. The van der Waals surface area contributed by atoms with E-state index in [4.69, 9.17) is 4.80 Å². The van der Waals surface area contributed by atoms with Crippen LogP contribution in [0.5, 0.6) is 0 Å². The summed E-state index contributed by atoms with van der Waals surface area (Å²) in [6.07, 6.45) is -13.1. The summed E-state index contributed by atoms with van der Waals surface area (Å²) in [5.41, 5.74) is 0. The molecule has 0 saturated heterocycles. The highest BCUT2D eigenvalue weighted by atomic mass is 28.4. The molecule has 0 aliphatic heterocycles. The molecule has 1 nitrogen and oxygen atoms in total. The van der Waals surface area contributed by atoms with Crippen LogP contribution >= 0.6 is 0 Å². The lowest BCUT2D eigenvalue weighted by Gasteiger charge is -2.35. The normalized spacial score (nSPS) is 19.4. The first-order valence-electron chi connectivity index (χ1n) is 4.85. The highest BCUT2D eigenvalue weighted by Gasteiger charge is 2.71. The quantitative estimate of drug-likeness (QED) is 0.588. The molecule has 0 spiro atoms. The zero-order valence-electron chi connectivity index (χ0n) is 9.66. The third-order valence-corrected chi connectivity index (χ3v) is 3.85. The second-order valence-corrected chi connectivity index (χ2v) is 8.26. The number of halogens is 9. The van der Waals surface area contributed by atoms with Crippen LogP contribution in [0.25, 0.3) is 0 Å². The highest BCUT2D eigenvalue weighted by Crippen LogP contribution is 2.45. The van der Waals surface area contributed by atoms with Crippen LogP contribution < -0.4 is 0 Å². The molecule has 11 heteroatoms. The Balaban J connectivity index is 5.39. The molecular formula is C8H11F9OSi. The SMILES string of the molecule is C[Si](C)(O)C(F)C(F)(F)C(F)(F)C(F)C(F)C(F)F. The molecule has 0 aliphatic rings. The Hall–Kier alpha value is -0.453. The second-order valence-electron chi connectivity index (χ2n) is 4.44. The molecule has 0 radical (unpaired) electrons. The van der Waals surface area contributed by atoms with Gasteiger partial charge in [-0.3, -0.25) is 0 Å². The Morgan fingerprint density at radius 3 is 1.47 bits per heavy atom. The van der Waals surface area contributed by atoms with Crippen molar-refractivity contribution in [1.29, 1.82) is 0 Å². The molecule has 0 rings (SSSR count). The van der Waals surface area contributed by atoms with E-state index in [1.165, 1.54) is 0 Å². The maximum atomic E-state index is 13.1. The molecule has 3 unspecified atom stereocenters. The molecule has 0 aliphatic carbocycles. The van der Waals surface area contributed by atoms with E-state index in [0.717, 1.165) is 0 Å². The highest BCUT2D eigenvalue weighted by molar-refractivity contribution is 6.71. The zero-order valence-corrected chi connectivity index (χ0v) is 10.7. The van der Waals surface area contributed by atoms with Gasteiger partial charge in [-0.05, 0) is 13.1 Å². The fraction of sp³-hybridized carbons (Fsp3) is 1.00. The van der Waals surface area contributed by atoms with E-state index in [0.29, 0.717) is 13.1 Å². The summed E-state index contributed by atoms with van der Waals surface area (Å²) >= 11 is 0. The van der Waals surface area contributed by atoms with Gasteiger partial charge in [-0.2, -0.15) is 17.6 Å². The van der Waals surface area contributed by atoms with Gasteiger partial charge in [0, 0.05) is 0 Å². The predicted molar refractivity (Wildman–Crippen MR) is 50.3 cm³/mol. The van der Waals surface area contributed by atoms with Gasteiger partial charge in [0.15, 0.2) is 12.0 Å². The molecular weight excluding hydrogens is 311 g/mol. The number of hydrogen-bond donors (Lipinski definition) is 1. The lowest BCUT2D eigenvalue weighted by atomic mass is 10.0. The molecule has 1 N–H and O–H groups in total. The van der Waals surface area contributed by atoms with Gasteiger partial charge in [0.2, 0.25) is 14.5 Å². The Labute approximate surface area is 103 Å². The second kappa shape index (κ2) is 5.50. The van der Waals surface area contributed by atoms with E-state index in [1.807, 2.05) is 0 Å². The van der Waals surface area contributed by atoms with Crippen LogP contribution in [0.1, 0.15) is 0 Å². The summed E-state index contributed by atoms with van der Waals surface area (Å²) in [4.78, 5) is 9.00. The maximum Gasteiger partial charge on any atom is 0.346 e. The molecule has 0 fully saturated rings. The lowest BCUT2D eigenvalue weighted by Crippen LogP contribution is -2.63. The fourth-order valence-electron chi connectivity index (χ4n) is 1.12. The van der Waals surface area contributed by atoms with Crippen LogP contribution in [0.3, 0.4) is 0 Å². The van der Waals surface area contributed by atoms with Crippen LogP contribution in [0.4, 0.5) is 39.5 Å². The van der Waals surface area contributed by atoms with Crippen molar-refractivity contribution >= 4 is 8.32 Å². The van der Waals surface area contributed by atoms with Crippen molar-refractivity contribution < 1.29 is 44.3 Å². The Morgan fingerprint density at radius 1 is 0.842 bits per heavy atom. The minimum absolute atomic E-state index is 0.523. The van der Waals surface area contributed by atoms with E-state index in [1.54, 1.807) is 0 Å². The van der Waals surface area contributed by atoms with Crippen molar-refractivity contribution in [3.05, 3.63) is 0 Å². The van der Waals surface area contributed by atoms with Gasteiger partial charge in [0.25, 0.3) is 6.43 Å². The first kappa shape index (κ1) is 18.5. The molecule has 0 aromatic rings. The maximum absolute atomic E-state index is 13.1. The van der Waals surface area contributed by atoms with Crippen LogP contribution in [0.15, 0.2) is 0 Å². The summed E-state index contributed by atoms with van der Waals surface area (Å²) in [6, 6.07) is 0.